The average molecular weight is 309 g/mol. The molecule has 23 heavy (non-hydrogen) atoms. The van der Waals surface area contributed by atoms with Gasteiger partial charge in [-0.25, -0.2) is 0 Å². The lowest BCUT2D eigenvalue weighted by molar-refractivity contribution is -0.123. The van der Waals surface area contributed by atoms with Crippen LogP contribution in [0.2, 0.25) is 0 Å². The third-order valence-corrected chi connectivity index (χ3v) is 4.19. The lowest BCUT2D eigenvalue weighted by atomic mass is 9.93. The molecule has 0 aliphatic heterocycles. The summed E-state index contributed by atoms with van der Waals surface area (Å²) in [6.07, 6.45) is 3.85. The van der Waals surface area contributed by atoms with E-state index in [1.807, 2.05) is 24.3 Å². The highest BCUT2D eigenvalue weighted by molar-refractivity contribution is 5.83. The molecule has 2 rings (SSSR count). The number of rotatable bonds is 8. The molecular formula is C21H27NO. The quantitative estimate of drug-likeness (QED) is 0.752. The topological polar surface area (TPSA) is 29.1 Å². The van der Waals surface area contributed by atoms with Crippen LogP contribution in [0.1, 0.15) is 50.2 Å². The van der Waals surface area contributed by atoms with Gasteiger partial charge in [0.05, 0.1) is 5.92 Å². The smallest absolute Gasteiger partial charge is 0.227 e. The first-order chi connectivity index (χ1) is 11.2. The van der Waals surface area contributed by atoms with Crippen LogP contribution in [-0.4, -0.2) is 11.9 Å². The molecular weight excluding hydrogens is 282 g/mol. The molecule has 0 bridgehead atoms. The van der Waals surface area contributed by atoms with Gasteiger partial charge in [0.2, 0.25) is 5.91 Å². The number of carbonyl (C=O) groups excluding carboxylic acids is 1. The van der Waals surface area contributed by atoms with Crippen LogP contribution in [0.25, 0.3) is 0 Å². The molecule has 0 saturated heterocycles. The molecule has 1 amide bonds. The Balaban J connectivity index is 1.90. The minimum Gasteiger partial charge on any atom is -0.353 e. The normalized spacial score (nSPS) is 13.3. The van der Waals surface area contributed by atoms with Crippen molar-refractivity contribution in [2.45, 2.75) is 51.5 Å². The zero-order valence-electron chi connectivity index (χ0n) is 14.2. The van der Waals surface area contributed by atoms with Crippen molar-refractivity contribution < 1.29 is 4.79 Å². The summed E-state index contributed by atoms with van der Waals surface area (Å²) in [6, 6.07) is 20.7. The van der Waals surface area contributed by atoms with Crippen LogP contribution in [-0.2, 0) is 11.2 Å². The van der Waals surface area contributed by atoms with Gasteiger partial charge >= 0.3 is 0 Å². The summed E-state index contributed by atoms with van der Waals surface area (Å²) in [5, 5.41) is 3.19. The van der Waals surface area contributed by atoms with Crippen molar-refractivity contribution >= 4 is 5.91 Å². The molecule has 2 atom stereocenters. The fourth-order valence-electron chi connectivity index (χ4n) is 2.87. The van der Waals surface area contributed by atoms with Crippen molar-refractivity contribution in [2.24, 2.45) is 0 Å². The fourth-order valence-corrected chi connectivity index (χ4v) is 2.87. The first-order valence-electron chi connectivity index (χ1n) is 8.60. The Labute approximate surface area is 139 Å². The van der Waals surface area contributed by atoms with Gasteiger partial charge in [-0.2, -0.15) is 0 Å². The van der Waals surface area contributed by atoms with E-state index in [2.05, 4.69) is 55.6 Å². The fraction of sp³-hybridized carbons (Fsp3) is 0.381. The summed E-state index contributed by atoms with van der Waals surface area (Å²) in [5.41, 5.74) is 2.43. The van der Waals surface area contributed by atoms with Gasteiger partial charge < -0.3 is 5.32 Å². The first-order valence-corrected chi connectivity index (χ1v) is 8.60. The van der Waals surface area contributed by atoms with E-state index < -0.39 is 0 Å². The van der Waals surface area contributed by atoms with Gasteiger partial charge in [0.25, 0.3) is 0 Å². The molecule has 0 aliphatic carbocycles. The Kier molecular flexibility index (Phi) is 6.86. The average Bonchev–Trinajstić information content (AvgIpc) is 2.59. The van der Waals surface area contributed by atoms with Crippen molar-refractivity contribution in [1.29, 1.82) is 0 Å². The Morgan fingerprint density at radius 1 is 0.957 bits per heavy atom. The van der Waals surface area contributed by atoms with E-state index in [1.165, 1.54) is 5.56 Å². The maximum absolute atomic E-state index is 12.6. The maximum Gasteiger partial charge on any atom is 0.227 e. The van der Waals surface area contributed by atoms with Crippen LogP contribution in [0.4, 0.5) is 0 Å². The largest absolute Gasteiger partial charge is 0.353 e. The zero-order valence-corrected chi connectivity index (χ0v) is 14.2. The summed E-state index contributed by atoms with van der Waals surface area (Å²) < 4.78 is 0. The highest BCUT2D eigenvalue weighted by atomic mass is 16.1. The van der Waals surface area contributed by atoms with Gasteiger partial charge in [-0.1, -0.05) is 74.0 Å². The first kappa shape index (κ1) is 17.3. The minimum absolute atomic E-state index is 0.0413. The second-order valence-electron chi connectivity index (χ2n) is 6.19. The molecule has 0 heterocycles. The highest BCUT2D eigenvalue weighted by Crippen LogP contribution is 2.21. The zero-order chi connectivity index (χ0) is 16.5. The standard InChI is InChI=1S/C21H27NO/c1-3-10-20(19-13-8-5-9-14-19)21(23)22-17(2)15-16-18-11-6-4-7-12-18/h4-9,11-14,17,20H,3,10,15-16H2,1-2H3,(H,22,23). The molecule has 2 aromatic rings. The summed E-state index contributed by atoms with van der Waals surface area (Å²) in [7, 11) is 0. The molecule has 2 heteroatoms. The molecule has 0 aliphatic rings. The monoisotopic (exact) mass is 309 g/mol. The molecule has 122 valence electrons. The molecule has 0 aromatic heterocycles. The van der Waals surface area contributed by atoms with Crippen LogP contribution in [0.3, 0.4) is 0 Å². The molecule has 2 nitrogen and oxygen atoms in total. The number of aryl methyl sites for hydroxylation is 1. The third kappa shape index (κ3) is 5.55. The van der Waals surface area contributed by atoms with Gasteiger partial charge in [-0.3, -0.25) is 4.79 Å². The van der Waals surface area contributed by atoms with E-state index in [4.69, 9.17) is 0 Å². The predicted molar refractivity (Wildman–Crippen MR) is 96.5 cm³/mol. The lowest BCUT2D eigenvalue weighted by Crippen LogP contribution is -2.36. The van der Waals surface area contributed by atoms with Gasteiger partial charge in [0, 0.05) is 6.04 Å². The van der Waals surface area contributed by atoms with Crippen LogP contribution in [0, 0.1) is 0 Å². The summed E-state index contributed by atoms with van der Waals surface area (Å²) in [4.78, 5) is 12.6. The molecule has 0 radical (unpaired) electrons. The van der Waals surface area contributed by atoms with E-state index in [0.717, 1.165) is 31.2 Å². The molecule has 2 unspecified atom stereocenters. The lowest BCUT2D eigenvalue weighted by Gasteiger charge is -2.20. The molecule has 0 spiro atoms. The molecule has 0 fully saturated rings. The highest BCUT2D eigenvalue weighted by Gasteiger charge is 2.20. The van der Waals surface area contributed by atoms with Crippen molar-refractivity contribution in [3.8, 4) is 0 Å². The Morgan fingerprint density at radius 2 is 1.57 bits per heavy atom. The molecule has 0 saturated carbocycles. The van der Waals surface area contributed by atoms with Gasteiger partial charge in [0.15, 0.2) is 0 Å². The van der Waals surface area contributed by atoms with Crippen LogP contribution < -0.4 is 5.32 Å². The number of hydrogen-bond acceptors (Lipinski definition) is 1. The molecule has 2 aromatic carbocycles. The minimum atomic E-state index is -0.0413. The van der Waals surface area contributed by atoms with Crippen molar-refractivity contribution in [1.82, 2.24) is 5.32 Å². The predicted octanol–water partition coefficient (Wildman–Crippen LogP) is 4.71. The summed E-state index contributed by atoms with van der Waals surface area (Å²) >= 11 is 0. The second-order valence-corrected chi connectivity index (χ2v) is 6.19. The van der Waals surface area contributed by atoms with E-state index in [9.17, 15) is 4.79 Å². The Hall–Kier alpha value is -2.09. The Bertz CT molecular complexity index is 579. The maximum atomic E-state index is 12.6. The van der Waals surface area contributed by atoms with E-state index in [1.54, 1.807) is 0 Å². The number of carbonyl (C=O) groups is 1. The van der Waals surface area contributed by atoms with E-state index in [0.29, 0.717) is 0 Å². The van der Waals surface area contributed by atoms with Crippen molar-refractivity contribution in [2.75, 3.05) is 0 Å². The van der Waals surface area contributed by atoms with Crippen molar-refractivity contribution in [3.63, 3.8) is 0 Å². The Morgan fingerprint density at radius 3 is 2.17 bits per heavy atom. The number of hydrogen-bond donors (Lipinski definition) is 1. The molecule has 1 N–H and O–H groups in total. The second kappa shape index (κ2) is 9.14. The third-order valence-electron chi connectivity index (χ3n) is 4.19. The number of nitrogens with one attached hydrogen (secondary N) is 1. The van der Waals surface area contributed by atoms with Gasteiger partial charge in [0.1, 0.15) is 0 Å². The SMILES string of the molecule is CCCC(C(=O)NC(C)CCc1ccccc1)c1ccccc1. The van der Waals surface area contributed by atoms with Crippen LogP contribution in [0.5, 0.6) is 0 Å². The van der Waals surface area contributed by atoms with Crippen LogP contribution >= 0.6 is 0 Å². The number of amides is 1. The number of benzene rings is 2. The van der Waals surface area contributed by atoms with E-state index >= 15 is 0 Å². The van der Waals surface area contributed by atoms with Crippen LogP contribution in [0.15, 0.2) is 60.7 Å². The van der Waals surface area contributed by atoms with Gasteiger partial charge in [-0.05, 0) is 37.3 Å². The van der Waals surface area contributed by atoms with E-state index in [-0.39, 0.29) is 17.9 Å². The van der Waals surface area contributed by atoms with Crippen molar-refractivity contribution in [3.05, 3.63) is 71.8 Å². The summed E-state index contributed by atoms with van der Waals surface area (Å²) in [6.45, 7) is 4.22. The summed E-state index contributed by atoms with van der Waals surface area (Å²) in [5.74, 6) is 0.110. The van der Waals surface area contributed by atoms with Gasteiger partial charge in [-0.15, -0.1) is 0 Å².